The van der Waals surface area contributed by atoms with Crippen molar-refractivity contribution in [3.63, 3.8) is 0 Å². The van der Waals surface area contributed by atoms with Gasteiger partial charge in [-0.25, -0.2) is 0 Å². The molecule has 2 aromatic carbocycles. The Morgan fingerprint density at radius 3 is 2.34 bits per heavy atom. The number of nitrogens with one attached hydrogen (secondary N) is 1. The number of pyridine rings is 1. The number of hydrogen-bond acceptors (Lipinski definition) is 7. The molecule has 0 aliphatic carbocycles. The van der Waals surface area contributed by atoms with E-state index in [1.165, 1.54) is 18.2 Å². The average molecular weight is 527 g/mol. The molecule has 3 heterocycles. The molecule has 0 bridgehead atoms. The number of benzene rings is 2. The zero-order chi connectivity index (χ0) is 26.8. The Balaban J connectivity index is 1.20. The molecule has 2 aliphatic heterocycles. The van der Waals surface area contributed by atoms with Gasteiger partial charge in [0.1, 0.15) is 0 Å². The predicted octanol–water partition coefficient (Wildman–Crippen LogP) is 3.65. The molecule has 1 saturated heterocycles. The SMILES string of the molecule is Cc1ccc(/C=C2\SC(=O)N(CCNC(=O)c3ccc4c(c3)C(=O)N(Cc3ccncc3)C4=O)C2=O)cc1. The van der Waals surface area contributed by atoms with Gasteiger partial charge in [-0.05, 0) is 66.2 Å². The Morgan fingerprint density at radius 1 is 0.895 bits per heavy atom. The van der Waals surface area contributed by atoms with Crippen LogP contribution in [0, 0.1) is 6.92 Å². The summed E-state index contributed by atoms with van der Waals surface area (Å²) in [7, 11) is 0. The summed E-state index contributed by atoms with van der Waals surface area (Å²) in [6.45, 7) is 2.11. The number of amides is 5. The summed E-state index contributed by atoms with van der Waals surface area (Å²) in [4.78, 5) is 69.9. The van der Waals surface area contributed by atoms with Gasteiger partial charge in [0, 0.05) is 31.0 Å². The van der Waals surface area contributed by atoms with Crippen molar-refractivity contribution in [3.05, 3.63) is 105 Å². The first kappa shape index (κ1) is 25.1. The number of rotatable bonds is 7. The van der Waals surface area contributed by atoms with E-state index in [-0.39, 0.29) is 36.3 Å². The van der Waals surface area contributed by atoms with E-state index >= 15 is 0 Å². The van der Waals surface area contributed by atoms with Gasteiger partial charge in [0.05, 0.1) is 22.6 Å². The van der Waals surface area contributed by atoms with Crippen molar-refractivity contribution in [2.24, 2.45) is 0 Å². The van der Waals surface area contributed by atoms with Crippen molar-refractivity contribution in [3.8, 4) is 0 Å². The van der Waals surface area contributed by atoms with Crippen LogP contribution in [0.3, 0.4) is 0 Å². The van der Waals surface area contributed by atoms with E-state index in [0.29, 0.717) is 4.91 Å². The van der Waals surface area contributed by atoms with Crippen LogP contribution in [0.5, 0.6) is 0 Å². The number of hydrogen-bond donors (Lipinski definition) is 1. The molecule has 0 spiro atoms. The third-order valence-corrected chi connectivity index (χ3v) is 7.10. The number of thioether (sulfide) groups is 1. The third kappa shape index (κ3) is 4.98. The smallest absolute Gasteiger partial charge is 0.293 e. The van der Waals surface area contributed by atoms with Crippen LogP contribution in [0.1, 0.15) is 47.8 Å². The van der Waals surface area contributed by atoms with Gasteiger partial charge in [0.2, 0.25) is 0 Å². The maximum Gasteiger partial charge on any atom is 0.293 e. The van der Waals surface area contributed by atoms with Crippen molar-refractivity contribution >= 4 is 46.7 Å². The van der Waals surface area contributed by atoms with Crippen molar-refractivity contribution in [1.82, 2.24) is 20.1 Å². The zero-order valence-electron chi connectivity index (χ0n) is 20.3. The van der Waals surface area contributed by atoms with E-state index in [4.69, 9.17) is 0 Å². The predicted molar refractivity (Wildman–Crippen MR) is 141 cm³/mol. The lowest BCUT2D eigenvalue weighted by Gasteiger charge is -2.13. The molecule has 190 valence electrons. The molecular weight excluding hydrogens is 504 g/mol. The lowest BCUT2D eigenvalue weighted by Crippen LogP contribution is -2.37. The molecule has 5 rings (SSSR count). The molecule has 0 radical (unpaired) electrons. The first-order chi connectivity index (χ1) is 18.3. The highest BCUT2D eigenvalue weighted by atomic mass is 32.2. The lowest BCUT2D eigenvalue weighted by atomic mass is 10.1. The number of carbonyl (C=O) groups excluding carboxylic acids is 5. The highest BCUT2D eigenvalue weighted by Crippen LogP contribution is 2.32. The summed E-state index contributed by atoms with van der Waals surface area (Å²) >= 11 is 0.859. The highest BCUT2D eigenvalue weighted by Gasteiger charge is 2.36. The molecule has 3 aromatic rings. The third-order valence-electron chi connectivity index (χ3n) is 6.19. The maximum atomic E-state index is 12.9. The molecule has 9 nitrogen and oxygen atoms in total. The van der Waals surface area contributed by atoms with Gasteiger partial charge >= 0.3 is 0 Å². The van der Waals surface area contributed by atoms with Crippen molar-refractivity contribution in [2.45, 2.75) is 13.5 Å². The molecule has 38 heavy (non-hydrogen) atoms. The molecular formula is C28H22N4O5S. The fourth-order valence-electron chi connectivity index (χ4n) is 4.14. The average Bonchev–Trinajstić information content (AvgIpc) is 3.32. The summed E-state index contributed by atoms with van der Waals surface area (Å²) in [6.07, 6.45) is 4.84. The molecule has 10 heteroatoms. The van der Waals surface area contributed by atoms with E-state index < -0.39 is 28.9 Å². The summed E-state index contributed by atoms with van der Waals surface area (Å²) in [6, 6.07) is 15.4. The fraction of sp³-hybridized carbons (Fsp3) is 0.143. The first-order valence-electron chi connectivity index (χ1n) is 11.8. The van der Waals surface area contributed by atoms with E-state index in [2.05, 4.69) is 10.3 Å². The minimum Gasteiger partial charge on any atom is -0.350 e. The van der Waals surface area contributed by atoms with Crippen molar-refractivity contribution in [2.75, 3.05) is 13.1 Å². The van der Waals surface area contributed by atoms with Crippen LogP contribution < -0.4 is 5.32 Å². The largest absolute Gasteiger partial charge is 0.350 e. The number of aromatic nitrogens is 1. The number of nitrogens with zero attached hydrogens (tertiary/aromatic N) is 3. The van der Waals surface area contributed by atoms with Gasteiger partial charge < -0.3 is 5.32 Å². The number of aryl methyl sites for hydroxylation is 1. The first-order valence-corrected chi connectivity index (χ1v) is 12.6. The zero-order valence-corrected chi connectivity index (χ0v) is 21.2. The Kier molecular flexibility index (Phi) is 6.89. The van der Waals surface area contributed by atoms with Gasteiger partial charge in [-0.1, -0.05) is 29.8 Å². The Labute approximate surface area is 222 Å². The molecule has 5 amide bonds. The second-order valence-electron chi connectivity index (χ2n) is 8.81. The summed E-state index contributed by atoms with van der Waals surface area (Å²) in [5.74, 6) is -1.80. The second-order valence-corrected chi connectivity index (χ2v) is 9.81. The molecule has 0 unspecified atom stereocenters. The number of fused-ring (bicyclic) bond motifs is 1. The van der Waals surface area contributed by atoms with Gasteiger partial charge in [-0.3, -0.25) is 38.8 Å². The lowest BCUT2D eigenvalue weighted by molar-refractivity contribution is -0.122. The van der Waals surface area contributed by atoms with E-state index in [1.54, 1.807) is 30.6 Å². The number of carbonyl (C=O) groups is 5. The maximum absolute atomic E-state index is 12.9. The summed E-state index contributed by atoms with van der Waals surface area (Å²) in [5, 5.41) is 2.27. The van der Waals surface area contributed by atoms with E-state index in [9.17, 15) is 24.0 Å². The number of imide groups is 2. The van der Waals surface area contributed by atoms with Crippen LogP contribution in [0.4, 0.5) is 4.79 Å². The Bertz CT molecular complexity index is 1500. The summed E-state index contributed by atoms with van der Waals surface area (Å²) in [5.41, 5.74) is 3.26. The minimum absolute atomic E-state index is 0.00368. The molecule has 0 atom stereocenters. The minimum atomic E-state index is -0.484. The standard InChI is InChI=1S/C28H22N4O5S/c1-17-2-4-18(5-3-17)14-23-27(36)31(28(37)38-23)13-12-30-24(33)20-6-7-21-22(15-20)26(35)32(25(21)34)16-19-8-10-29-11-9-19/h2-11,14-15H,12-13,16H2,1H3,(H,30,33)/b23-14-. The summed E-state index contributed by atoms with van der Waals surface area (Å²) < 4.78 is 0. The van der Waals surface area contributed by atoms with Crippen LogP contribution >= 0.6 is 11.8 Å². The van der Waals surface area contributed by atoms with Gasteiger partial charge in [0.15, 0.2) is 0 Å². The molecule has 1 fully saturated rings. The van der Waals surface area contributed by atoms with Crippen molar-refractivity contribution in [1.29, 1.82) is 0 Å². The van der Waals surface area contributed by atoms with E-state index in [1.807, 2.05) is 31.2 Å². The van der Waals surface area contributed by atoms with Crippen LogP contribution in [-0.2, 0) is 11.3 Å². The molecule has 1 N–H and O–H groups in total. The Morgan fingerprint density at radius 2 is 1.61 bits per heavy atom. The van der Waals surface area contributed by atoms with Gasteiger partial charge in [-0.15, -0.1) is 0 Å². The van der Waals surface area contributed by atoms with Crippen LogP contribution in [0.2, 0.25) is 0 Å². The van der Waals surface area contributed by atoms with E-state index in [0.717, 1.165) is 38.3 Å². The normalized spacial score (nSPS) is 16.0. The highest BCUT2D eigenvalue weighted by molar-refractivity contribution is 8.18. The topological polar surface area (TPSA) is 117 Å². The van der Waals surface area contributed by atoms with Crippen LogP contribution in [-0.4, -0.2) is 56.7 Å². The monoisotopic (exact) mass is 526 g/mol. The molecule has 0 saturated carbocycles. The second kappa shape index (κ2) is 10.4. The van der Waals surface area contributed by atoms with Crippen LogP contribution in [0.25, 0.3) is 6.08 Å². The van der Waals surface area contributed by atoms with Crippen LogP contribution in [0.15, 0.2) is 71.9 Å². The Hall–Kier alpha value is -4.57. The van der Waals surface area contributed by atoms with Crippen molar-refractivity contribution < 1.29 is 24.0 Å². The van der Waals surface area contributed by atoms with Gasteiger partial charge in [-0.2, -0.15) is 0 Å². The fourth-order valence-corrected chi connectivity index (χ4v) is 5.00. The quantitative estimate of drug-likeness (QED) is 0.369. The molecule has 1 aromatic heterocycles. The van der Waals surface area contributed by atoms with Gasteiger partial charge in [0.25, 0.3) is 28.9 Å². The molecule has 2 aliphatic rings.